The highest BCUT2D eigenvalue weighted by Crippen LogP contribution is 2.24. The van der Waals surface area contributed by atoms with E-state index in [1.54, 1.807) is 0 Å². The molecule has 2 aromatic rings. The van der Waals surface area contributed by atoms with Crippen LogP contribution in [0.15, 0.2) is 35.4 Å². The van der Waals surface area contributed by atoms with Gasteiger partial charge < -0.3 is 9.88 Å². The first kappa shape index (κ1) is 19.2. The Morgan fingerprint density at radius 2 is 1.67 bits per heavy atom. The predicted molar refractivity (Wildman–Crippen MR) is 91.8 cm³/mol. The van der Waals surface area contributed by atoms with E-state index >= 15 is 0 Å². The summed E-state index contributed by atoms with van der Waals surface area (Å²) in [5, 5.41) is 0. The molecule has 1 amide bonds. The Kier molecular flexibility index (Phi) is 5.11. The van der Waals surface area contributed by atoms with Gasteiger partial charge in [-0.1, -0.05) is 6.07 Å². The first-order chi connectivity index (χ1) is 12.7. The van der Waals surface area contributed by atoms with Gasteiger partial charge >= 0.3 is 0 Å². The third-order valence-electron chi connectivity index (χ3n) is 4.36. The summed E-state index contributed by atoms with van der Waals surface area (Å²) in [5.74, 6) is -2.88. The SMILES string of the molecule is CC(=O)c1c[nH]c(C(=O)N2CCN(S(=O)(=O)c3c(F)cccc3F)CC2)c1. The number of hydrogen-bond acceptors (Lipinski definition) is 4. The average Bonchev–Trinajstić information content (AvgIpc) is 3.11. The maximum atomic E-state index is 13.9. The number of aromatic amines is 1. The zero-order valence-electron chi connectivity index (χ0n) is 14.4. The Hall–Kier alpha value is -2.59. The number of benzene rings is 1. The van der Waals surface area contributed by atoms with Crippen molar-refractivity contribution < 1.29 is 26.8 Å². The van der Waals surface area contributed by atoms with Crippen molar-refractivity contribution in [3.63, 3.8) is 0 Å². The summed E-state index contributed by atoms with van der Waals surface area (Å²) in [6.07, 6.45) is 1.43. The Bertz CT molecular complexity index is 975. The molecule has 10 heteroatoms. The third-order valence-corrected chi connectivity index (χ3v) is 6.31. The van der Waals surface area contributed by atoms with Crippen molar-refractivity contribution in [2.45, 2.75) is 11.8 Å². The van der Waals surface area contributed by atoms with Crippen LogP contribution >= 0.6 is 0 Å². The second kappa shape index (κ2) is 7.20. The Morgan fingerprint density at radius 3 is 2.19 bits per heavy atom. The van der Waals surface area contributed by atoms with E-state index in [-0.39, 0.29) is 43.6 Å². The number of nitrogens with one attached hydrogen (secondary N) is 1. The Labute approximate surface area is 154 Å². The van der Waals surface area contributed by atoms with E-state index in [4.69, 9.17) is 0 Å². The molecule has 0 unspecified atom stereocenters. The molecule has 0 atom stereocenters. The van der Waals surface area contributed by atoms with Gasteiger partial charge in [0.05, 0.1) is 0 Å². The van der Waals surface area contributed by atoms with Crippen molar-refractivity contribution in [2.75, 3.05) is 26.2 Å². The second-order valence-corrected chi connectivity index (χ2v) is 7.98. The molecule has 1 fully saturated rings. The average molecular weight is 397 g/mol. The molecule has 0 bridgehead atoms. The quantitative estimate of drug-likeness (QED) is 0.795. The molecule has 3 rings (SSSR count). The van der Waals surface area contributed by atoms with Crippen LogP contribution in [0.25, 0.3) is 0 Å². The first-order valence-electron chi connectivity index (χ1n) is 8.14. The number of piperazine rings is 1. The number of hydrogen-bond donors (Lipinski definition) is 1. The molecule has 0 saturated carbocycles. The lowest BCUT2D eigenvalue weighted by atomic mass is 10.2. The van der Waals surface area contributed by atoms with Gasteiger partial charge in [0.25, 0.3) is 5.91 Å². The van der Waals surface area contributed by atoms with Gasteiger partial charge in [-0.2, -0.15) is 4.31 Å². The van der Waals surface area contributed by atoms with Crippen molar-refractivity contribution in [3.8, 4) is 0 Å². The topological polar surface area (TPSA) is 90.6 Å². The lowest BCUT2D eigenvalue weighted by Crippen LogP contribution is -2.50. The van der Waals surface area contributed by atoms with Gasteiger partial charge in [0.2, 0.25) is 10.0 Å². The summed E-state index contributed by atoms with van der Waals surface area (Å²) in [7, 11) is -4.35. The highest BCUT2D eigenvalue weighted by molar-refractivity contribution is 7.89. The number of carbonyl (C=O) groups excluding carboxylic acids is 2. The largest absolute Gasteiger partial charge is 0.356 e. The van der Waals surface area contributed by atoms with E-state index in [0.717, 1.165) is 22.5 Å². The van der Waals surface area contributed by atoms with Crippen molar-refractivity contribution in [1.29, 1.82) is 0 Å². The minimum Gasteiger partial charge on any atom is -0.356 e. The van der Waals surface area contributed by atoms with Crippen LogP contribution in [0.4, 0.5) is 8.78 Å². The van der Waals surface area contributed by atoms with Crippen LogP contribution in [0.3, 0.4) is 0 Å². The van der Waals surface area contributed by atoms with Crippen LogP contribution in [0.1, 0.15) is 27.8 Å². The summed E-state index contributed by atoms with van der Waals surface area (Å²) >= 11 is 0. The number of nitrogens with zero attached hydrogens (tertiary/aromatic N) is 2. The molecular weight excluding hydrogens is 380 g/mol. The molecule has 1 saturated heterocycles. The van der Waals surface area contributed by atoms with Crippen LogP contribution in [0.2, 0.25) is 0 Å². The van der Waals surface area contributed by atoms with Gasteiger partial charge in [0.1, 0.15) is 17.3 Å². The summed E-state index contributed by atoms with van der Waals surface area (Å²) in [5.41, 5.74) is 0.589. The highest BCUT2D eigenvalue weighted by Gasteiger charge is 2.34. The molecule has 2 heterocycles. The van der Waals surface area contributed by atoms with Crippen molar-refractivity contribution in [3.05, 3.63) is 53.4 Å². The number of H-pyrrole nitrogens is 1. The van der Waals surface area contributed by atoms with Crippen LogP contribution in [-0.2, 0) is 10.0 Å². The van der Waals surface area contributed by atoms with E-state index in [9.17, 15) is 26.8 Å². The van der Waals surface area contributed by atoms with E-state index < -0.39 is 26.6 Å². The molecule has 0 radical (unpaired) electrons. The second-order valence-electron chi connectivity index (χ2n) is 6.11. The van der Waals surface area contributed by atoms with Gasteiger partial charge in [-0.3, -0.25) is 9.59 Å². The van der Waals surface area contributed by atoms with E-state index in [2.05, 4.69) is 4.98 Å². The fraction of sp³-hybridized carbons (Fsp3) is 0.294. The number of sulfonamides is 1. The Morgan fingerprint density at radius 1 is 1.07 bits per heavy atom. The minimum absolute atomic E-state index is 0.0581. The maximum absolute atomic E-state index is 13.9. The van der Waals surface area contributed by atoms with Gasteiger partial charge in [-0.25, -0.2) is 17.2 Å². The molecule has 1 aromatic carbocycles. The number of rotatable bonds is 4. The monoisotopic (exact) mass is 397 g/mol. The lowest BCUT2D eigenvalue weighted by Gasteiger charge is -2.33. The fourth-order valence-corrected chi connectivity index (χ4v) is 4.41. The zero-order chi connectivity index (χ0) is 19.8. The maximum Gasteiger partial charge on any atom is 0.270 e. The van der Waals surface area contributed by atoms with E-state index in [0.29, 0.717) is 5.56 Å². The molecule has 1 N–H and O–H groups in total. The van der Waals surface area contributed by atoms with Gasteiger partial charge in [0, 0.05) is 37.9 Å². The van der Waals surface area contributed by atoms with Crippen LogP contribution in [-0.4, -0.2) is 60.5 Å². The van der Waals surface area contributed by atoms with Gasteiger partial charge in [0.15, 0.2) is 10.7 Å². The van der Waals surface area contributed by atoms with Crippen LogP contribution in [0.5, 0.6) is 0 Å². The number of Topliss-reactive ketones (excluding diaryl/α,β-unsaturated/α-hetero) is 1. The molecule has 1 aromatic heterocycles. The van der Waals surface area contributed by atoms with Gasteiger partial charge in [-0.15, -0.1) is 0 Å². The molecule has 0 aliphatic carbocycles. The Balaban J connectivity index is 1.73. The van der Waals surface area contributed by atoms with Crippen LogP contribution in [0, 0.1) is 11.6 Å². The third kappa shape index (κ3) is 3.62. The minimum atomic E-state index is -4.35. The molecule has 0 spiro atoms. The molecular formula is C17H17F2N3O4S. The number of carbonyl (C=O) groups is 2. The van der Waals surface area contributed by atoms with Crippen molar-refractivity contribution in [1.82, 2.24) is 14.2 Å². The lowest BCUT2D eigenvalue weighted by molar-refractivity contribution is 0.0692. The normalized spacial score (nSPS) is 15.7. The summed E-state index contributed by atoms with van der Waals surface area (Å²) < 4.78 is 53.8. The molecule has 144 valence electrons. The first-order valence-corrected chi connectivity index (χ1v) is 9.58. The van der Waals surface area contributed by atoms with Crippen LogP contribution < -0.4 is 0 Å². The fourth-order valence-electron chi connectivity index (χ4n) is 2.88. The van der Waals surface area contributed by atoms with Crippen molar-refractivity contribution in [2.24, 2.45) is 0 Å². The predicted octanol–water partition coefficient (Wildman–Crippen LogP) is 1.64. The number of aromatic nitrogens is 1. The summed E-state index contributed by atoms with van der Waals surface area (Å²) in [6.45, 7) is 1.30. The number of halogens is 2. The summed E-state index contributed by atoms with van der Waals surface area (Å²) in [6, 6.07) is 4.29. The highest BCUT2D eigenvalue weighted by atomic mass is 32.2. The standard InChI is InChI=1S/C17H17F2N3O4S/c1-11(23)12-9-15(20-10-12)17(24)21-5-7-22(8-6-21)27(25,26)16-13(18)3-2-4-14(16)19/h2-4,9-10,20H,5-8H2,1H3. The smallest absolute Gasteiger partial charge is 0.270 e. The van der Waals surface area contributed by atoms with Crippen molar-refractivity contribution >= 4 is 21.7 Å². The zero-order valence-corrected chi connectivity index (χ0v) is 15.2. The van der Waals surface area contributed by atoms with E-state index in [1.165, 1.54) is 24.1 Å². The summed E-state index contributed by atoms with van der Waals surface area (Å²) in [4.78, 5) is 26.9. The van der Waals surface area contributed by atoms with Gasteiger partial charge in [-0.05, 0) is 25.1 Å². The molecule has 1 aliphatic heterocycles. The number of ketones is 1. The molecule has 7 nitrogen and oxygen atoms in total. The number of amides is 1. The molecule has 1 aliphatic rings. The van der Waals surface area contributed by atoms with E-state index in [1.807, 2.05) is 0 Å². The molecule has 27 heavy (non-hydrogen) atoms.